The predicted octanol–water partition coefficient (Wildman–Crippen LogP) is 1.42. The second-order valence-electron chi connectivity index (χ2n) is 4.30. The van der Waals surface area contributed by atoms with Gasteiger partial charge in [-0.3, -0.25) is 4.90 Å². The van der Waals surface area contributed by atoms with Gasteiger partial charge in [0.15, 0.2) is 0 Å². The molecule has 1 heterocycles. The summed E-state index contributed by atoms with van der Waals surface area (Å²) in [5.41, 5.74) is 0. The maximum Gasteiger partial charge on any atom is 0.0197 e. The van der Waals surface area contributed by atoms with Crippen molar-refractivity contribution in [2.75, 3.05) is 26.7 Å². The van der Waals surface area contributed by atoms with Crippen molar-refractivity contribution in [2.45, 2.75) is 39.3 Å². The number of hydrogen-bond acceptors (Lipinski definition) is 2. The van der Waals surface area contributed by atoms with Gasteiger partial charge in [-0.15, -0.1) is 0 Å². The molecule has 0 aromatic rings. The van der Waals surface area contributed by atoms with E-state index >= 15 is 0 Å². The number of hydrogen-bond donors (Lipinski definition) is 0. The molecule has 2 nitrogen and oxygen atoms in total. The zero-order valence-electron chi connectivity index (χ0n) is 8.88. The fourth-order valence-corrected chi connectivity index (χ4v) is 2.16. The molecule has 1 atom stereocenters. The minimum Gasteiger partial charge on any atom is -0.305 e. The Kier molecular flexibility index (Phi) is 3.53. The molecule has 1 fully saturated rings. The van der Waals surface area contributed by atoms with Crippen molar-refractivity contribution < 1.29 is 0 Å². The zero-order valence-corrected chi connectivity index (χ0v) is 8.88. The van der Waals surface area contributed by atoms with Crippen molar-refractivity contribution in [3.05, 3.63) is 0 Å². The summed E-state index contributed by atoms with van der Waals surface area (Å²) in [4.78, 5) is 5.04. The normalized spacial score (nSPS) is 29.2. The summed E-state index contributed by atoms with van der Waals surface area (Å²) in [6, 6.07) is 1.42. The Morgan fingerprint density at radius 2 is 1.92 bits per heavy atom. The van der Waals surface area contributed by atoms with Crippen molar-refractivity contribution in [1.29, 1.82) is 0 Å². The van der Waals surface area contributed by atoms with Gasteiger partial charge >= 0.3 is 0 Å². The van der Waals surface area contributed by atoms with Crippen LogP contribution in [0, 0.1) is 0 Å². The van der Waals surface area contributed by atoms with Gasteiger partial charge in [-0.1, -0.05) is 0 Å². The molecule has 1 aliphatic heterocycles. The van der Waals surface area contributed by atoms with Crippen molar-refractivity contribution >= 4 is 0 Å². The van der Waals surface area contributed by atoms with E-state index in [1.165, 1.54) is 26.1 Å². The summed E-state index contributed by atoms with van der Waals surface area (Å²) in [7, 11) is 2.22. The summed E-state index contributed by atoms with van der Waals surface area (Å²) < 4.78 is 0. The fraction of sp³-hybridized carbons (Fsp3) is 1.00. The molecule has 2 heteroatoms. The van der Waals surface area contributed by atoms with Crippen molar-refractivity contribution in [2.24, 2.45) is 0 Å². The number of likely N-dealkylation sites (N-methyl/N-ethyl adjacent to an activating group) is 1. The third-order valence-electron chi connectivity index (χ3n) is 2.76. The zero-order chi connectivity index (χ0) is 9.14. The van der Waals surface area contributed by atoms with Gasteiger partial charge in [0.05, 0.1) is 0 Å². The minimum atomic E-state index is 0.700. The van der Waals surface area contributed by atoms with Crippen LogP contribution in [0.1, 0.15) is 27.2 Å². The molecule has 12 heavy (non-hydrogen) atoms. The summed E-state index contributed by atoms with van der Waals surface area (Å²) >= 11 is 0. The lowest BCUT2D eigenvalue weighted by atomic mass is 10.2. The molecular formula is C10H22N2. The van der Waals surface area contributed by atoms with Gasteiger partial charge < -0.3 is 4.90 Å². The molecule has 72 valence electrons. The Morgan fingerprint density at radius 3 is 2.50 bits per heavy atom. The summed E-state index contributed by atoms with van der Waals surface area (Å²) in [5, 5.41) is 0. The van der Waals surface area contributed by atoms with E-state index in [1.54, 1.807) is 0 Å². The first kappa shape index (κ1) is 10.0. The van der Waals surface area contributed by atoms with E-state index in [9.17, 15) is 0 Å². The fourth-order valence-electron chi connectivity index (χ4n) is 2.16. The quantitative estimate of drug-likeness (QED) is 0.587. The molecule has 0 spiro atoms. The molecule has 0 unspecified atom stereocenters. The van der Waals surface area contributed by atoms with E-state index in [0.29, 0.717) is 6.04 Å². The van der Waals surface area contributed by atoms with Gasteiger partial charge in [0.2, 0.25) is 0 Å². The summed E-state index contributed by atoms with van der Waals surface area (Å²) in [5.74, 6) is 0. The molecule has 0 radical (unpaired) electrons. The smallest absolute Gasteiger partial charge is 0.0197 e. The van der Waals surface area contributed by atoms with Gasteiger partial charge in [0, 0.05) is 18.6 Å². The van der Waals surface area contributed by atoms with E-state index in [2.05, 4.69) is 37.6 Å². The summed E-state index contributed by atoms with van der Waals surface area (Å²) in [6.45, 7) is 10.7. The van der Waals surface area contributed by atoms with Crippen molar-refractivity contribution in [3.63, 3.8) is 0 Å². The second-order valence-corrected chi connectivity index (χ2v) is 4.30. The van der Waals surface area contributed by atoms with Crippen molar-refractivity contribution in [3.8, 4) is 0 Å². The first-order valence-electron chi connectivity index (χ1n) is 5.05. The molecule has 0 amide bonds. The Hall–Kier alpha value is -0.0800. The van der Waals surface area contributed by atoms with Gasteiger partial charge in [-0.05, 0) is 47.3 Å². The largest absolute Gasteiger partial charge is 0.305 e. The van der Waals surface area contributed by atoms with Crippen LogP contribution in [0.15, 0.2) is 0 Å². The van der Waals surface area contributed by atoms with E-state index in [-0.39, 0.29) is 0 Å². The van der Waals surface area contributed by atoms with Crippen LogP contribution in [0.25, 0.3) is 0 Å². The van der Waals surface area contributed by atoms with E-state index in [0.717, 1.165) is 6.04 Å². The van der Waals surface area contributed by atoms with Crippen LogP contribution >= 0.6 is 0 Å². The van der Waals surface area contributed by atoms with Gasteiger partial charge in [-0.25, -0.2) is 0 Å². The van der Waals surface area contributed by atoms with Gasteiger partial charge in [0.1, 0.15) is 0 Å². The first-order valence-corrected chi connectivity index (χ1v) is 5.05. The molecule has 1 rings (SSSR count). The molecule has 0 saturated carbocycles. The standard InChI is InChI=1S/C10H22N2/c1-9(2)12-7-5-6-11(4)8-10(12)3/h9-10H,5-8H2,1-4H3/t10-/m0/s1. The highest BCUT2D eigenvalue weighted by Gasteiger charge is 2.20. The number of rotatable bonds is 1. The second kappa shape index (κ2) is 4.24. The highest BCUT2D eigenvalue weighted by atomic mass is 15.2. The SMILES string of the molecule is CC(C)N1CCCN(C)C[C@@H]1C. The van der Waals surface area contributed by atoms with E-state index < -0.39 is 0 Å². The maximum absolute atomic E-state index is 2.60. The third kappa shape index (κ3) is 2.46. The van der Waals surface area contributed by atoms with Crippen LogP contribution in [0.3, 0.4) is 0 Å². The van der Waals surface area contributed by atoms with Crippen LogP contribution in [-0.2, 0) is 0 Å². The maximum atomic E-state index is 2.60. The Balaban J connectivity index is 2.51. The Bertz CT molecular complexity index is 134. The lowest BCUT2D eigenvalue weighted by Crippen LogP contribution is -2.41. The van der Waals surface area contributed by atoms with Gasteiger partial charge in [0.25, 0.3) is 0 Å². The lowest BCUT2D eigenvalue weighted by molar-refractivity contribution is 0.162. The molecule has 0 N–H and O–H groups in total. The lowest BCUT2D eigenvalue weighted by Gasteiger charge is -2.31. The molecule has 0 aliphatic carbocycles. The molecule has 0 aromatic carbocycles. The highest BCUT2D eigenvalue weighted by molar-refractivity contribution is 4.77. The Morgan fingerprint density at radius 1 is 1.25 bits per heavy atom. The molecule has 1 saturated heterocycles. The average Bonchev–Trinajstić information content (AvgIpc) is 2.10. The topological polar surface area (TPSA) is 6.48 Å². The van der Waals surface area contributed by atoms with Crippen molar-refractivity contribution in [1.82, 2.24) is 9.80 Å². The third-order valence-corrected chi connectivity index (χ3v) is 2.76. The molecule has 1 aliphatic rings. The average molecular weight is 170 g/mol. The molecular weight excluding hydrogens is 148 g/mol. The van der Waals surface area contributed by atoms with Crippen LogP contribution in [0.4, 0.5) is 0 Å². The highest BCUT2D eigenvalue weighted by Crippen LogP contribution is 2.11. The minimum absolute atomic E-state index is 0.700. The monoisotopic (exact) mass is 170 g/mol. The summed E-state index contributed by atoms with van der Waals surface area (Å²) in [6.07, 6.45) is 1.32. The van der Waals surface area contributed by atoms with E-state index in [4.69, 9.17) is 0 Å². The predicted molar refractivity (Wildman–Crippen MR) is 53.4 cm³/mol. The van der Waals surface area contributed by atoms with Crippen LogP contribution < -0.4 is 0 Å². The van der Waals surface area contributed by atoms with Crippen LogP contribution in [0.2, 0.25) is 0 Å². The van der Waals surface area contributed by atoms with Gasteiger partial charge in [-0.2, -0.15) is 0 Å². The first-order chi connectivity index (χ1) is 5.61. The Labute approximate surface area is 76.5 Å². The van der Waals surface area contributed by atoms with E-state index in [1.807, 2.05) is 0 Å². The van der Waals surface area contributed by atoms with Crippen LogP contribution in [-0.4, -0.2) is 48.6 Å². The molecule has 0 bridgehead atoms. The number of nitrogens with zero attached hydrogens (tertiary/aromatic N) is 2. The molecule has 0 aromatic heterocycles. The van der Waals surface area contributed by atoms with Crippen LogP contribution in [0.5, 0.6) is 0 Å².